The Kier molecular flexibility index (Phi) is 6.18. The number of aromatic nitrogens is 4. The Balaban J connectivity index is 1.63. The lowest BCUT2D eigenvalue weighted by atomic mass is 9.94. The molecule has 5 nitrogen and oxygen atoms in total. The van der Waals surface area contributed by atoms with Crippen molar-refractivity contribution in [1.29, 1.82) is 0 Å². The van der Waals surface area contributed by atoms with Crippen LogP contribution in [0.5, 0.6) is 5.75 Å². The van der Waals surface area contributed by atoms with E-state index < -0.39 is 0 Å². The molecule has 0 saturated heterocycles. The van der Waals surface area contributed by atoms with Crippen molar-refractivity contribution in [2.24, 2.45) is 5.92 Å². The van der Waals surface area contributed by atoms with Crippen LogP contribution in [0.25, 0.3) is 50.5 Å². The average molecular weight is 497 g/mol. The second-order valence-electron chi connectivity index (χ2n) is 9.91. The van der Waals surface area contributed by atoms with Gasteiger partial charge in [-0.1, -0.05) is 56.3 Å². The standard InChI is InChI=1S/C33H28N4O/c1-22(2)16-23-17-24(19-25(18-23)29-13-8-9-15-35-29)28-20-34-21-30-32(28)36-33(27-12-6-7-14-31(27)38)37(30)26-10-4-3-5-11-26/h3-15,17-22,38H,16H2,1-2H3. The molecule has 6 rings (SSSR count). The molecular formula is C33H28N4O. The Labute approximate surface area is 222 Å². The Bertz CT molecular complexity index is 1720. The summed E-state index contributed by atoms with van der Waals surface area (Å²) >= 11 is 0. The maximum atomic E-state index is 10.8. The first-order valence-electron chi connectivity index (χ1n) is 12.8. The van der Waals surface area contributed by atoms with Crippen molar-refractivity contribution in [3.05, 3.63) is 115 Å². The Morgan fingerprint density at radius 1 is 0.789 bits per heavy atom. The molecule has 0 aliphatic heterocycles. The van der Waals surface area contributed by atoms with Crippen molar-refractivity contribution in [2.45, 2.75) is 20.3 Å². The summed E-state index contributed by atoms with van der Waals surface area (Å²) < 4.78 is 2.07. The Morgan fingerprint density at radius 2 is 1.55 bits per heavy atom. The minimum atomic E-state index is 0.186. The van der Waals surface area contributed by atoms with Gasteiger partial charge in [0.15, 0.2) is 0 Å². The van der Waals surface area contributed by atoms with Crippen molar-refractivity contribution in [2.75, 3.05) is 0 Å². The number of hydrogen-bond acceptors (Lipinski definition) is 4. The van der Waals surface area contributed by atoms with Crippen LogP contribution in [0.1, 0.15) is 19.4 Å². The maximum Gasteiger partial charge on any atom is 0.149 e. The third-order valence-corrected chi connectivity index (χ3v) is 6.64. The highest BCUT2D eigenvalue weighted by atomic mass is 16.3. The zero-order chi connectivity index (χ0) is 26.1. The zero-order valence-electron chi connectivity index (χ0n) is 21.4. The van der Waals surface area contributed by atoms with Gasteiger partial charge >= 0.3 is 0 Å². The normalized spacial score (nSPS) is 11.3. The highest BCUT2D eigenvalue weighted by Gasteiger charge is 2.20. The molecule has 0 saturated carbocycles. The zero-order valence-corrected chi connectivity index (χ0v) is 21.4. The number of phenolic OH excluding ortho intramolecular Hbond substituents is 1. The van der Waals surface area contributed by atoms with Crippen molar-refractivity contribution in [3.8, 4) is 45.2 Å². The lowest BCUT2D eigenvalue weighted by Gasteiger charge is -2.12. The van der Waals surface area contributed by atoms with Gasteiger partial charge in [0.25, 0.3) is 0 Å². The summed E-state index contributed by atoms with van der Waals surface area (Å²) in [7, 11) is 0. The molecule has 0 spiro atoms. The lowest BCUT2D eigenvalue weighted by molar-refractivity contribution is 0.477. The SMILES string of the molecule is CC(C)Cc1cc(-c2ccccn2)cc(-c2cncc3c2nc(-c2ccccc2O)n3-c2ccccc2)c1. The third kappa shape index (κ3) is 4.43. The molecule has 6 aromatic rings. The number of hydrogen-bond donors (Lipinski definition) is 1. The number of aromatic hydroxyl groups is 1. The molecule has 0 aliphatic carbocycles. The first-order chi connectivity index (χ1) is 18.6. The predicted molar refractivity (Wildman–Crippen MR) is 153 cm³/mol. The van der Waals surface area contributed by atoms with Gasteiger partial charge in [0.05, 0.1) is 23.0 Å². The quantitative estimate of drug-likeness (QED) is 0.256. The van der Waals surface area contributed by atoms with Crippen molar-refractivity contribution in [3.63, 3.8) is 0 Å². The molecule has 3 heterocycles. The highest BCUT2D eigenvalue weighted by molar-refractivity contribution is 5.95. The van der Waals surface area contributed by atoms with E-state index in [9.17, 15) is 5.11 Å². The van der Waals surface area contributed by atoms with Crippen LogP contribution in [-0.2, 0) is 6.42 Å². The number of phenols is 1. The van der Waals surface area contributed by atoms with Gasteiger partial charge < -0.3 is 5.11 Å². The van der Waals surface area contributed by atoms with E-state index >= 15 is 0 Å². The Hall–Kier alpha value is -4.77. The van der Waals surface area contributed by atoms with Crippen LogP contribution < -0.4 is 0 Å². The molecule has 0 amide bonds. The summed E-state index contributed by atoms with van der Waals surface area (Å²) in [5.74, 6) is 1.37. The number of imidazole rings is 1. The van der Waals surface area contributed by atoms with E-state index in [-0.39, 0.29) is 5.75 Å². The number of fused-ring (bicyclic) bond motifs is 1. The molecule has 186 valence electrons. The van der Waals surface area contributed by atoms with Crippen LogP contribution in [0, 0.1) is 5.92 Å². The van der Waals surface area contributed by atoms with Gasteiger partial charge in [0, 0.05) is 29.2 Å². The van der Waals surface area contributed by atoms with Crippen LogP contribution in [0.2, 0.25) is 0 Å². The molecular weight excluding hydrogens is 468 g/mol. The maximum absolute atomic E-state index is 10.8. The predicted octanol–water partition coefficient (Wildman–Crippen LogP) is 7.72. The van der Waals surface area contributed by atoms with Crippen LogP contribution in [0.4, 0.5) is 0 Å². The fourth-order valence-electron chi connectivity index (χ4n) is 5.01. The van der Waals surface area contributed by atoms with Gasteiger partial charge in [-0.05, 0) is 72.0 Å². The van der Waals surface area contributed by atoms with E-state index in [0.29, 0.717) is 17.3 Å². The number of nitrogens with zero attached hydrogens (tertiary/aromatic N) is 4. The second kappa shape index (κ2) is 9.94. The van der Waals surface area contributed by atoms with Gasteiger partial charge in [-0.2, -0.15) is 0 Å². The minimum Gasteiger partial charge on any atom is -0.507 e. The summed E-state index contributed by atoms with van der Waals surface area (Å²) in [5, 5.41) is 10.8. The van der Waals surface area contributed by atoms with E-state index in [0.717, 1.165) is 45.5 Å². The van der Waals surface area contributed by atoms with E-state index in [4.69, 9.17) is 4.98 Å². The van der Waals surface area contributed by atoms with Gasteiger partial charge in [-0.25, -0.2) is 4.98 Å². The molecule has 1 N–H and O–H groups in total. The van der Waals surface area contributed by atoms with E-state index in [1.165, 1.54) is 5.56 Å². The van der Waals surface area contributed by atoms with Crippen LogP contribution in [0.15, 0.2) is 110 Å². The topological polar surface area (TPSA) is 63.8 Å². The lowest BCUT2D eigenvalue weighted by Crippen LogP contribution is -1.98. The fraction of sp³-hybridized carbons (Fsp3) is 0.121. The second-order valence-corrected chi connectivity index (χ2v) is 9.91. The molecule has 38 heavy (non-hydrogen) atoms. The van der Waals surface area contributed by atoms with Crippen molar-refractivity contribution in [1.82, 2.24) is 19.5 Å². The summed E-state index contributed by atoms with van der Waals surface area (Å²) in [5.41, 5.74) is 8.56. The highest BCUT2D eigenvalue weighted by Crippen LogP contribution is 2.37. The first kappa shape index (κ1) is 23.6. The number of benzene rings is 3. The molecule has 5 heteroatoms. The summed E-state index contributed by atoms with van der Waals surface area (Å²) in [6.07, 6.45) is 6.52. The Morgan fingerprint density at radius 3 is 2.32 bits per heavy atom. The third-order valence-electron chi connectivity index (χ3n) is 6.64. The summed E-state index contributed by atoms with van der Waals surface area (Å²) in [4.78, 5) is 14.4. The molecule has 3 aromatic heterocycles. The van der Waals surface area contributed by atoms with Gasteiger partial charge in [0.2, 0.25) is 0 Å². The molecule has 3 aromatic carbocycles. The molecule has 0 bridgehead atoms. The van der Waals surface area contributed by atoms with Gasteiger partial charge in [0.1, 0.15) is 17.1 Å². The van der Waals surface area contributed by atoms with Crippen molar-refractivity contribution < 1.29 is 5.11 Å². The average Bonchev–Trinajstić information content (AvgIpc) is 3.33. The van der Waals surface area contributed by atoms with E-state index in [1.807, 2.05) is 85.3 Å². The molecule has 0 fully saturated rings. The largest absolute Gasteiger partial charge is 0.507 e. The fourth-order valence-corrected chi connectivity index (χ4v) is 5.01. The first-order valence-corrected chi connectivity index (χ1v) is 12.8. The summed E-state index contributed by atoms with van der Waals surface area (Å²) in [6.45, 7) is 4.46. The molecule has 0 radical (unpaired) electrons. The number of rotatable bonds is 6. The molecule has 0 unspecified atom stereocenters. The summed E-state index contributed by atoms with van der Waals surface area (Å²) in [6, 6.07) is 30.0. The van der Waals surface area contributed by atoms with E-state index in [1.54, 1.807) is 6.07 Å². The van der Waals surface area contributed by atoms with Crippen molar-refractivity contribution >= 4 is 11.0 Å². The number of para-hydroxylation sites is 2. The monoisotopic (exact) mass is 496 g/mol. The minimum absolute atomic E-state index is 0.186. The number of pyridine rings is 2. The smallest absolute Gasteiger partial charge is 0.149 e. The van der Waals surface area contributed by atoms with E-state index in [2.05, 4.69) is 46.6 Å². The van der Waals surface area contributed by atoms with Gasteiger partial charge in [-0.15, -0.1) is 0 Å². The van der Waals surface area contributed by atoms with Crippen LogP contribution >= 0.6 is 0 Å². The van der Waals surface area contributed by atoms with Crippen LogP contribution in [-0.4, -0.2) is 24.6 Å². The van der Waals surface area contributed by atoms with Crippen LogP contribution in [0.3, 0.4) is 0 Å². The van der Waals surface area contributed by atoms with Gasteiger partial charge in [-0.3, -0.25) is 14.5 Å². The molecule has 0 atom stereocenters. The molecule has 0 aliphatic rings.